The van der Waals surface area contributed by atoms with Crippen molar-refractivity contribution in [2.75, 3.05) is 6.54 Å². The van der Waals surface area contributed by atoms with E-state index >= 15 is 0 Å². The molecular formula is C19H30BrN. The molecule has 2 heteroatoms. The lowest BCUT2D eigenvalue weighted by Gasteiger charge is -2.31. The quantitative estimate of drug-likeness (QED) is 0.639. The van der Waals surface area contributed by atoms with Gasteiger partial charge in [-0.25, -0.2) is 0 Å². The molecule has 2 rings (SSSR count). The van der Waals surface area contributed by atoms with Crippen LogP contribution >= 0.6 is 15.9 Å². The van der Waals surface area contributed by atoms with E-state index in [1.165, 1.54) is 60.5 Å². The van der Waals surface area contributed by atoms with Gasteiger partial charge in [0.2, 0.25) is 0 Å². The van der Waals surface area contributed by atoms with Crippen molar-refractivity contribution in [3.63, 3.8) is 0 Å². The van der Waals surface area contributed by atoms with Crippen LogP contribution in [0.2, 0.25) is 0 Å². The number of halogens is 1. The van der Waals surface area contributed by atoms with Gasteiger partial charge >= 0.3 is 0 Å². The van der Waals surface area contributed by atoms with Gasteiger partial charge in [0.1, 0.15) is 0 Å². The van der Waals surface area contributed by atoms with E-state index in [4.69, 9.17) is 0 Å². The number of rotatable bonds is 7. The van der Waals surface area contributed by atoms with Gasteiger partial charge in [0.15, 0.2) is 0 Å². The van der Waals surface area contributed by atoms with Crippen molar-refractivity contribution in [2.24, 2.45) is 5.41 Å². The molecule has 1 aliphatic rings. The minimum Gasteiger partial charge on any atom is -0.313 e. The van der Waals surface area contributed by atoms with Crippen molar-refractivity contribution in [1.29, 1.82) is 0 Å². The first kappa shape index (κ1) is 17.0. The van der Waals surface area contributed by atoms with E-state index in [9.17, 15) is 0 Å². The Morgan fingerprint density at radius 2 is 2.05 bits per heavy atom. The third-order valence-corrected chi connectivity index (χ3v) is 5.22. The van der Waals surface area contributed by atoms with Gasteiger partial charge in [0.25, 0.3) is 0 Å². The molecule has 0 aromatic heterocycles. The maximum Gasteiger partial charge on any atom is 0.0178 e. The molecule has 0 saturated carbocycles. The van der Waals surface area contributed by atoms with Crippen molar-refractivity contribution in [3.05, 3.63) is 33.8 Å². The second-order valence-corrected chi connectivity index (χ2v) is 8.27. The lowest BCUT2D eigenvalue weighted by molar-refractivity contribution is 0.280. The zero-order valence-corrected chi connectivity index (χ0v) is 15.4. The van der Waals surface area contributed by atoms with Crippen molar-refractivity contribution in [1.82, 2.24) is 5.32 Å². The summed E-state index contributed by atoms with van der Waals surface area (Å²) in [5.41, 5.74) is 3.49. The van der Waals surface area contributed by atoms with Crippen molar-refractivity contribution >= 4 is 15.9 Å². The van der Waals surface area contributed by atoms with Crippen LogP contribution in [0.15, 0.2) is 22.7 Å². The lowest BCUT2D eigenvalue weighted by Crippen LogP contribution is -2.40. The third-order valence-electron chi connectivity index (χ3n) is 4.72. The van der Waals surface area contributed by atoms with E-state index in [1.807, 2.05) is 0 Å². The summed E-state index contributed by atoms with van der Waals surface area (Å²) in [4.78, 5) is 0. The molecule has 1 atom stereocenters. The highest BCUT2D eigenvalue weighted by molar-refractivity contribution is 9.10. The van der Waals surface area contributed by atoms with Crippen LogP contribution in [0.25, 0.3) is 0 Å². The molecule has 1 nitrogen and oxygen atoms in total. The fourth-order valence-corrected chi connectivity index (χ4v) is 3.67. The van der Waals surface area contributed by atoms with Crippen LogP contribution in [0.4, 0.5) is 0 Å². The number of nitrogens with one attached hydrogen (secondary N) is 1. The van der Waals surface area contributed by atoms with Crippen LogP contribution in [-0.4, -0.2) is 12.6 Å². The van der Waals surface area contributed by atoms with E-state index < -0.39 is 0 Å². The molecule has 0 saturated heterocycles. The number of aryl methyl sites for hydroxylation is 1. The van der Waals surface area contributed by atoms with Crippen LogP contribution in [0.5, 0.6) is 0 Å². The van der Waals surface area contributed by atoms with E-state index in [2.05, 4.69) is 60.2 Å². The first-order valence-electron chi connectivity index (χ1n) is 8.51. The molecule has 0 bridgehead atoms. The smallest absolute Gasteiger partial charge is 0.0178 e. The fourth-order valence-electron chi connectivity index (χ4n) is 3.26. The molecule has 0 aliphatic heterocycles. The third kappa shape index (κ3) is 5.41. The molecule has 1 aliphatic carbocycles. The highest BCUT2D eigenvalue weighted by atomic mass is 79.9. The lowest BCUT2D eigenvalue weighted by atomic mass is 9.84. The normalized spacial score (nSPS) is 18.6. The summed E-state index contributed by atoms with van der Waals surface area (Å²) in [7, 11) is 0. The molecule has 1 N–H and O–H groups in total. The standard InChI is InChI=1S/C19H30BrN/c1-4-5-6-11-19(2,3)14-21-18-10-8-15-12-17(20)9-7-16(15)13-18/h7,9,12,18,21H,4-6,8,10-11,13-14H2,1-3H3. The molecular weight excluding hydrogens is 322 g/mol. The molecule has 118 valence electrons. The predicted octanol–water partition coefficient (Wildman–Crippen LogP) is 5.50. The van der Waals surface area contributed by atoms with Crippen LogP contribution in [0, 0.1) is 5.41 Å². The number of hydrogen-bond acceptors (Lipinski definition) is 1. The van der Waals surface area contributed by atoms with E-state index in [1.54, 1.807) is 0 Å². The van der Waals surface area contributed by atoms with Gasteiger partial charge in [0, 0.05) is 17.1 Å². The Labute approximate surface area is 139 Å². The summed E-state index contributed by atoms with van der Waals surface area (Å²) in [6, 6.07) is 7.42. The Balaban J connectivity index is 1.81. The minimum atomic E-state index is 0.426. The molecule has 1 aromatic carbocycles. The Bertz CT molecular complexity index is 453. The van der Waals surface area contributed by atoms with Gasteiger partial charge < -0.3 is 5.32 Å². The maximum atomic E-state index is 3.83. The number of fused-ring (bicyclic) bond motifs is 1. The van der Waals surface area contributed by atoms with Crippen molar-refractivity contribution in [3.8, 4) is 0 Å². The molecule has 1 aromatic rings. The zero-order valence-electron chi connectivity index (χ0n) is 13.8. The molecule has 1 unspecified atom stereocenters. The monoisotopic (exact) mass is 351 g/mol. The summed E-state index contributed by atoms with van der Waals surface area (Å²) < 4.78 is 1.21. The Kier molecular flexibility index (Phi) is 6.31. The average molecular weight is 352 g/mol. The van der Waals surface area contributed by atoms with Crippen LogP contribution in [-0.2, 0) is 12.8 Å². The first-order valence-corrected chi connectivity index (χ1v) is 9.30. The largest absolute Gasteiger partial charge is 0.313 e. The maximum absolute atomic E-state index is 3.83. The minimum absolute atomic E-state index is 0.426. The van der Waals surface area contributed by atoms with Crippen LogP contribution in [0.1, 0.15) is 64.0 Å². The van der Waals surface area contributed by atoms with Gasteiger partial charge in [-0.05, 0) is 54.4 Å². The first-order chi connectivity index (χ1) is 10.00. The summed E-state index contributed by atoms with van der Waals surface area (Å²) >= 11 is 3.58. The fraction of sp³-hybridized carbons (Fsp3) is 0.684. The van der Waals surface area contributed by atoms with Gasteiger partial charge in [0.05, 0.1) is 0 Å². The van der Waals surface area contributed by atoms with Gasteiger partial charge in [-0.1, -0.05) is 62.0 Å². The molecule has 0 fully saturated rings. The Morgan fingerprint density at radius 3 is 2.81 bits per heavy atom. The molecule has 0 spiro atoms. The van der Waals surface area contributed by atoms with Crippen molar-refractivity contribution in [2.45, 2.75) is 71.8 Å². The SMILES string of the molecule is CCCCCC(C)(C)CNC1CCc2cc(Br)ccc2C1. The number of benzene rings is 1. The number of unbranched alkanes of at least 4 members (excludes halogenated alkanes) is 2. The van der Waals surface area contributed by atoms with E-state index in [-0.39, 0.29) is 0 Å². The summed E-state index contributed by atoms with van der Waals surface area (Å²) in [6.45, 7) is 8.24. The van der Waals surface area contributed by atoms with Crippen LogP contribution in [0.3, 0.4) is 0 Å². The molecule has 21 heavy (non-hydrogen) atoms. The average Bonchev–Trinajstić information content (AvgIpc) is 2.45. The van der Waals surface area contributed by atoms with Gasteiger partial charge in [-0.2, -0.15) is 0 Å². The highest BCUT2D eigenvalue weighted by Gasteiger charge is 2.22. The second-order valence-electron chi connectivity index (χ2n) is 7.35. The number of hydrogen-bond donors (Lipinski definition) is 1. The Hall–Kier alpha value is -0.340. The van der Waals surface area contributed by atoms with E-state index in [0.29, 0.717) is 11.5 Å². The summed E-state index contributed by atoms with van der Waals surface area (Å²) in [5, 5.41) is 3.83. The van der Waals surface area contributed by atoms with E-state index in [0.717, 1.165) is 6.54 Å². The van der Waals surface area contributed by atoms with Gasteiger partial charge in [-0.15, -0.1) is 0 Å². The molecule has 0 amide bonds. The summed E-state index contributed by atoms with van der Waals surface area (Å²) in [5.74, 6) is 0. The highest BCUT2D eigenvalue weighted by Crippen LogP contribution is 2.27. The van der Waals surface area contributed by atoms with Gasteiger partial charge in [-0.3, -0.25) is 0 Å². The zero-order chi connectivity index (χ0) is 15.3. The topological polar surface area (TPSA) is 12.0 Å². The second kappa shape index (κ2) is 7.78. The molecule has 0 heterocycles. The predicted molar refractivity (Wildman–Crippen MR) is 95.9 cm³/mol. The van der Waals surface area contributed by atoms with Crippen molar-refractivity contribution < 1.29 is 0 Å². The molecule has 0 radical (unpaired) electrons. The Morgan fingerprint density at radius 1 is 1.24 bits per heavy atom. The van der Waals surface area contributed by atoms with Crippen LogP contribution < -0.4 is 5.32 Å². The summed E-state index contributed by atoms with van der Waals surface area (Å²) in [6.07, 6.45) is 9.06.